The average Bonchev–Trinajstić information content (AvgIpc) is 3.16. The number of imidazole rings is 1. The first-order valence-electron chi connectivity index (χ1n) is 10.8. The van der Waals surface area contributed by atoms with Crippen molar-refractivity contribution in [3.8, 4) is 0 Å². The van der Waals surface area contributed by atoms with Crippen molar-refractivity contribution in [2.75, 3.05) is 10.6 Å². The number of hydrogen-bond acceptors (Lipinski definition) is 5. The van der Waals surface area contributed by atoms with E-state index in [1.165, 1.54) is 27.3 Å². The van der Waals surface area contributed by atoms with Crippen molar-refractivity contribution in [3.05, 3.63) is 80.5 Å². The van der Waals surface area contributed by atoms with Crippen LogP contribution in [0.5, 0.6) is 0 Å². The van der Waals surface area contributed by atoms with Crippen molar-refractivity contribution in [1.82, 2.24) is 19.1 Å². The number of benzene rings is 2. The van der Waals surface area contributed by atoms with Crippen LogP contribution in [0.15, 0.2) is 58.1 Å². The molecule has 4 rings (SSSR count). The molecule has 9 heteroatoms. The van der Waals surface area contributed by atoms with E-state index in [2.05, 4.69) is 34.4 Å². The third-order valence-electron chi connectivity index (χ3n) is 5.57. The zero-order valence-corrected chi connectivity index (χ0v) is 18.8. The van der Waals surface area contributed by atoms with Gasteiger partial charge in [-0.1, -0.05) is 38.1 Å². The highest BCUT2D eigenvalue weighted by Crippen LogP contribution is 2.21. The number of fused-ring (bicyclic) bond motifs is 1. The minimum atomic E-state index is -0.602. The van der Waals surface area contributed by atoms with Crippen LogP contribution in [0.3, 0.4) is 0 Å². The molecule has 0 aliphatic carbocycles. The molecule has 1 amide bonds. The maximum Gasteiger partial charge on any atom is 0.329 e. The van der Waals surface area contributed by atoms with Crippen LogP contribution in [0.4, 0.5) is 17.3 Å². The van der Waals surface area contributed by atoms with E-state index in [1.54, 1.807) is 0 Å². The van der Waals surface area contributed by atoms with Crippen LogP contribution in [0.1, 0.15) is 25.0 Å². The van der Waals surface area contributed by atoms with E-state index >= 15 is 0 Å². The smallest absolute Gasteiger partial charge is 0.326 e. The Morgan fingerprint density at radius 2 is 1.52 bits per heavy atom. The number of carbonyl (C=O) groups excluding carboxylic acids is 1. The monoisotopic (exact) mass is 446 g/mol. The van der Waals surface area contributed by atoms with Gasteiger partial charge in [0.1, 0.15) is 6.54 Å². The predicted molar refractivity (Wildman–Crippen MR) is 129 cm³/mol. The molecule has 33 heavy (non-hydrogen) atoms. The zero-order valence-electron chi connectivity index (χ0n) is 18.8. The van der Waals surface area contributed by atoms with Gasteiger partial charge in [-0.15, -0.1) is 0 Å². The molecule has 9 nitrogen and oxygen atoms in total. The van der Waals surface area contributed by atoms with Crippen LogP contribution < -0.4 is 21.9 Å². The first kappa shape index (κ1) is 22.1. The maximum atomic E-state index is 12.9. The molecule has 2 heterocycles. The van der Waals surface area contributed by atoms with Gasteiger partial charge in [0.15, 0.2) is 11.2 Å². The first-order valence-corrected chi connectivity index (χ1v) is 10.8. The number of hydrogen-bond donors (Lipinski definition) is 3. The van der Waals surface area contributed by atoms with Crippen molar-refractivity contribution >= 4 is 34.4 Å². The number of nitrogens with one attached hydrogen (secondary N) is 3. The van der Waals surface area contributed by atoms with Gasteiger partial charge >= 0.3 is 5.69 Å². The molecular formula is C24H26N6O3. The van der Waals surface area contributed by atoms with Gasteiger partial charge in [0, 0.05) is 18.4 Å². The summed E-state index contributed by atoms with van der Waals surface area (Å²) in [6.45, 7) is 3.97. The number of aryl methyl sites for hydroxylation is 3. The molecule has 4 aromatic rings. The number of nitrogens with zero attached hydrogens (tertiary/aromatic N) is 3. The van der Waals surface area contributed by atoms with Gasteiger partial charge in [0.25, 0.3) is 5.56 Å². The number of carbonyl (C=O) groups is 1. The summed E-state index contributed by atoms with van der Waals surface area (Å²) in [6, 6.07) is 15.4. The second-order valence-corrected chi connectivity index (χ2v) is 7.79. The average molecular weight is 447 g/mol. The van der Waals surface area contributed by atoms with Crippen molar-refractivity contribution < 1.29 is 4.79 Å². The maximum absolute atomic E-state index is 12.9. The second-order valence-electron chi connectivity index (χ2n) is 7.79. The zero-order chi connectivity index (χ0) is 23.5. The van der Waals surface area contributed by atoms with E-state index < -0.39 is 11.2 Å². The van der Waals surface area contributed by atoms with Crippen molar-refractivity contribution in [3.63, 3.8) is 0 Å². The summed E-state index contributed by atoms with van der Waals surface area (Å²) < 4.78 is 2.73. The Morgan fingerprint density at radius 3 is 2.09 bits per heavy atom. The Balaban J connectivity index is 1.71. The lowest BCUT2D eigenvalue weighted by atomic mass is 10.1. The molecule has 0 radical (unpaired) electrons. The molecule has 3 N–H and O–H groups in total. The van der Waals surface area contributed by atoms with Gasteiger partial charge < -0.3 is 10.6 Å². The standard InChI is InChI=1S/C24H26N6O3/c1-4-15-6-10-17(11-7-15)25-19(31)14-30-20-21(29(3)24(33)28-22(20)32)27-23(30)26-18-12-8-16(5-2)9-13-18/h6-13H,4-5,14H2,1-3H3,(H,25,31)(H,26,27)(H,28,32,33). The number of rotatable bonds is 7. The summed E-state index contributed by atoms with van der Waals surface area (Å²) in [5.41, 5.74) is 2.92. The number of aromatic amines is 1. The van der Waals surface area contributed by atoms with Gasteiger partial charge in [-0.2, -0.15) is 4.98 Å². The molecular weight excluding hydrogens is 420 g/mol. The van der Waals surface area contributed by atoms with Crippen LogP contribution in [0.2, 0.25) is 0 Å². The fourth-order valence-electron chi connectivity index (χ4n) is 3.60. The van der Waals surface area contributed by atoms with Crippen LogP contribution in [-0.4, -0.2) is 25.0 Å². The SMILES string of the molecule is CCc1ccc(NC(=O)Cn2c(Nc3ccc(CC)cc3)nc3c2c(=O)[nH]c(=O)n3C)cc1. The summed E-state index contributed by atoms with van der Waals surface area (Å²) >= 11 is 0. The molecule has 0 saturated carbocycles. The molecule has 0 spiro atoms. The van der Waals surface area contributed by atoms with Gasteiger partial charge in [0.2, 0.25) is 11.9 Å². The molecule has 0 atom stereocenters. The third kappa shape index (κ3) is 4.57. The summed E-state index contributed by atoms with van der Waals surface area (Å²) in [4.78, 5) is 44.3. The lowest BCUT2D eigenvalue weighted by Gasteiger charge is -2.11. The Hall–Kier alpha value is -4.14. The topological polar surface area (TPSA) is 114 Å². The lowest BCUT2D eigenvalue weighted by Crippen LogP contribution is -2.30. The van der Waals surface area contributed by atoms with E-state index in [9.17, 15) is 14.4 Å². The molecule has 0 aliphatic heterocycles. The number of anilines is 3. The van der Waals surface area contributed by atoms with Crippen molar-refractivity contribution in [2.24, 2.45) is 7.05 Å². The largest absolute Gasteiger partial charge is 0.329 e. The van der Waals surface area contributed by atoms with Crippen LogP contribution in [0, 0.1) is 0 Å². The molecule has 0 saturated heterocycles. The molecule has 0 fully saturated rings. The minimum absolute atomic E-state index is 0.140. The van der Waals surface area contributed by atoms with Gasteiger partial charge in [0.05, 0.1) is 0 Å². The fraction of sp³-hybridized carbons (Fsp3) is 0.250. The molecule has 0 aliphatic rings. The highest BCUT2D eigenvalue weighted by Gasteiger charge is 2.19. The number of H-pyrrole nitrogens is 1. The summed E-state index contributed by atoms with van der Waals surface area (Å²) in [5, 5.41) is 6.03. The fourth-order valence-corrected chi connectivity index (χ4v) is 3.60. The molecule has 2 aromatic carbocycles. The molecule has 0 bridgehead atoms. The van der Waals surface area contributed by atoms with Gasteiger partial charge in [-0.3, -0.25) is 23.7 Å². The summed E-state index contributed by atoms with van der Waals surface area (Å²) in [5.74, 6) is -0.0337. The molecule has 170 valence electrons. The van der Waals surface area contributed by atoms with Crippen molar-refractivity contribution in [1.29, 1.82) is 0 Å². The van der Waals surface area contributed by atoms with Crippen LogP contribution in [-0.2, 0) is 31.2 Å². The summed E-state index contributed by atoms with van der Waals surface area (Å²) in [7, 11) is 1.52. The van der Waals surface area contributed by atoms with Crippen molar-refractivity contribution in [2.45, 2.75) is 33.2 Å². The summed E-state index contributed by atoms with van der Waals surface area (Å²) in [6.07, 6.45) is 1.82. The van der Waals surface area contributed by atoms with E-state index in [0.717, 1.165) is 18.5 Å². The third-order valence-corrected chi connectivity index (χ3v) is 5.57. The number of aromatic nitrogens is 4. The van der Waals surface area contributed by atoms with Crippen LogP contribution >= 0.6 is 0 Å². The highest BCUT2D eigenvalue weighted by molar-refractivity contribution is 5.92. The normalized spacial score (nSPS) is 11.0. The first-order chi connectivity index (χ1) is 15.9. The van der Waals surface area contributed by atoms with Gasteiger partial charge in [-0.25, -0.2) is 4.79 Å². The van der Waals surface area contributed by atoms with E-state index in [-0.39, 0.29) is 29.6 Å². The quantitative estimate of drug-likeness (QED) is 0.404. The van der Waals surface area contributed by atoms with Crippen LogP contribution in [0.25, 0.3) is 11.2 Å². The van der Waals surface area contributed by atoms with E-state index in [4.69, 9.17) is 0 Å². The predicted octanol–water partition coefficient (Wildman–Crippen LogP) is 2.93. The highest BCUT2D eigenvalue weighted by atomic mass is 16.2. The Bertz CT molecular complexity index is 1410. The molecule has 0 unspecified atom stereocenters. The molecule has 2 aromatic heterocycles. The van der Waals surface area contributed by atoms with Gasteiger partial charge in [-0.05, 0) is 48.2 Å². The van der Waals surface area contributed by atoms with E-state index in [1.807, 2.05) is 48.5 Å². The Morgan fingerprint density at radius 1 is 0.939 bits per heavy atom. The number of amides is 1. The minimum Gasteiger partial charge on any atom is -0.326 e. The van der Waals surface area contributed by atoms with E-state index in [0.29, 0.717) is 5.69 Å². The lowest BCUT2D eigenvalue weighted by molar-refractivity contribution is -0.116. The second kappa shape index (κ2) is 9.15. The Labute approximate surface area is 190 Å². The Kier molecular flexibility index (Phi) is 6.12.